The lowest BCUT2D eigenvalue weighted by molar-refractivity contribution is -0.122. The SMILES string of the molecule is CC(C)NC(=O)CCCC(=O)N(C)c1ccccc1. The summed E-state index contributed by atoms with van der Waals surface area (Å²) in [7, 11) is 1.76. The molecule has 0 spiro atoms. The molecular formula is C15H22N2O2. The van der Waals surface area contributed by atoms with Crippen LogP contribution in [0.2, 0.25) is 0 Å². The largest absolute Gasteiger partial charge is 0.354 e. The highest BCUT2D eigenvalue weighted by atomic mass is 16.2. The summed E-state index contributed by atoms with van der Waals surface area (Å²) in [5.41, 5.74) is 0.874. The van der Waals surface area contributed by atoms with Crippen LogP contribution in [0.15, 0.2) is 30.3 Å². The van der Waals surface area contributed by atoms with Gasteiger partial charge in [0.25, 0.3) is 0 Å². The zero-order chi connectivity index (χ0) is 14.3. The number of hydrogen-bond acceptors (Lipinski definition) is 2. The second-order valence-corrected chi connectivity index (χ2v) is 4.86. The van der Waals surface area contributed by atoms with E-state index in [1.54, 1.807) is 11.9 Å². The zero-order valence-corrected chi connectivity index (χ0v) is 11.8. The number of amides is 2. The topological polar surface area (TPSA) is 49.4 Å². The highest BCUT2D eigenvalue weighted by Crippen LogP contribution is 2.13. The number of carbonyl (C=O) groups excluding carboxylic acids is 2. The molecule has 1 rings (SSSR count). The number of hydrogen-bond donors (Lipinski definition) is 1. The minimum Gasteiger partial charge on any atom is -0.354 e. The van der Waals surface area contributed by atoms with Crippen molar-refractivity contribution >= 4 is 17.5 Å². The van der Waals surface area contributed by atoms with Crippen molar-refractivity contribution in [3.05, 3.63) is 30.3 Å². The Hall–Kier alpha value is -1.84. The predicted molar refractivity (Wildman–Crippen MR) is 77.0 cm³/mol. The molecular weight excluding hydrogens is 240 g/mol. The number of rotatable bonds is 6. The molecule has 0 heterocycles. The van der Waals surface area contributed by atoms with Crippen LogP contribution < -0.4 is 10.2 Å². The molecule has 2 amide bonds. The fourth-order valence-electron chi connectivity index (χ4n) is 1.76. The van der Waals surface area contributed by atoms with Gasteiger partial charge in [0.2, 0.25) is 11.8 Å². The summed E-state index contributed by atoms with van der Waals surface area (Å²) in [4.78, 5) is 25.0. The highest BCUT2D eigenvalue weighted by molar-refractivity contribution is 5.92. The van der Waals surface area contributed by atoms with E-state index in [2.05, 4.69) is 5.32 Å². The normalized spacial score (nSPS) is 10.3. The Morgan fingerprint density at radius 2 is 1.79 bits per heavy atom. The maximum atomic E-state index is 11.9. The molecule has 0 unspecified atom stereocenters. The van der Waals surface area contributed by atoms with Gasteiger partial charge in [-0.3, -0.25) is 9.59 Å². The molecule has 1 aromatic carbocycles. The van der Waals surface area contributed by atoms with Crippen LogP contribution in [0.25, 0.3) is 0 Å². The third-order valence-electron chi connectivity index (χ3n) is 2.76. The van der Waals surface area contributed by atoms with Crippen LogP contribution in [0.5, 0.6) is 0 Å². The minimum absolute atomic E-state index is 0.00478. The number of para-hydroxylation sites is 1. The predicted octanol–water partition coefficient (Wildman–Crippen LogP) is 2.34. The van der Waals surface area contributed by atoms with Crippen molar-refractivity contribution in [2.24, 2.45) is 0 Å². The van der Waals surface area contributed by atoms with E-state index in [1.165, 1.54) is 0 Å². The van der Waals surface area contributed by atoms with Crippen LogP contribution in [-0.4, -0.2) is 24.9 Å². The Morgan fingerprint density at radius 3 is 2.37 bits per heavy atom. The van der Waals surface area contributed by atoms with E-state index in [9.17, 15) is 9.59 Å². The van der Waals surface area contributed by atoms with Gasteiger partial charge in [-0.2, -0.15) is 0 Å². The lowest BCUT2D eigenvalue weighted by atomic mass is 10.2. The average Bonchev–Trinajstić information content (AvgIpc) is 2.37. The van der Waals surface area contributed by atoms with E-state index in [0.717, 1.165) is 5.69 Å². The van der Waals surface area contributed by atoms with Crippen LogP contribution in [0.1, 0.15) is 33.1 Å². The second-order valence-electron chi connectivity index (χ2n) is 4.86. The van der Waals surface area contributed by atoms with Gasteiger partial charge in [0.15, 0.2) is 0 Å². The minimum atomic E-state index is 0.00478. The van der Waals surface area contributed by atoms with E-state index in [0.29, 0.717) is 19.3 Å². The Labute approximate surface area is 114 Å². The van der Waals surface area contributed by atoms with Gasteiger partial charge in [0, 0.05) is 31.6 Å². The third kappa shape index (κ3) is 5.55. The smallest absolute Gasteiger partial charge is 0.226 e. The van der Waals surface area contributed by atoms with E-state index >= 15 is 0 Å². The summed E-state index contributed by atoms with van der Waals surface area (Å²) in [6.45, 7) is 3.85. The molecule has 0 atom stereocenters. The fourth-order valence-corrected chi connectivity index (χ4v) is 1.76. The van der Waals surface area contributed by atoms with Gasteiger partial charge in [-0.05, 0) is 32.4 Å². The molecule has 0 saturated heterocycles. The standard InChI is InChI=1S/C15H22N2O2/c1-12(2)16-14(18)10-7-11-15(19)17(3)13-8-5-4-6-9-13/h4-6,8-9,12H,7,10-11H2,1-3H3,(H,16,18). The molecule has 0 saturated carbocycles. The van der Waals surface area contributed by atoms with E-state index in [-0.39, 0.29) is 17.9 Å². The maximum absolute atomic E-state index is 11.9. The first-order valence-electron chi connectivity index (χ1n) is 6.61. The average molecular weight is 262 g/mol. The van der Waals surface area contributed by atoms with Gasteiger partial charge < -0.3 is 10.2 Å². The number of benzene rings is 1. The highest BCUT2D eigenvalue weighted by Gasteiger charge is 2.11. The Bertz CT molecular complexity index is 415. The van der Waals surface area contributed by atoms with Gasteiger partial charge in [0.05, 0.1) is 0 Å². The summed E-state index contributed by atoms with van der Waals surface area (Å²) in [6.07, 6.45) is 1.36. The van der Waals surface area contributed by atoms with Crippen LogP contribution in [0.4, 0.5) is 5.69 Å². The summed E-state index contributed by atoms with van der Waals surface area (Å²) >= 11 is 0. The number of anilines is 1. The van der Waals surface area contributed by atoms with E-state index in [4.69, 9.17) is 0 Å². The van der Waals surface area contributed by atoms with Gasteiger partial charge in [-0.1, -0.05) is 18.2 Å². The van der Waals surface area contributed by atoms with E-state index < -0.39 is 0 Å². The summed E-state index contributed by atoms with van der Waals surface area (Å²) in [5, 5.41) is 2.81. The van der Waals surface area contributed by atoms with Crippen molar-refractivity contribution in [3.8, 4) is 0 Å². The quantitative estimate of drug-likeness (QED) is 0.855. The Kier molecular flexibility index (Phi) is 6.06. The lowest BCUT2D eigenvalue weighted by Gasteiger charge is -2.17. The molecule has 1 N–H and O–H groups in total. The Balaban J connectivity index is 2.34. The first-order valence-corrected chi connectivity index (χ1v) is 6.61. The molecule has 0 aromatic heterocycles. The molecule has 0 radical (unpaired) electrons. The molecule has 0 aliphatic carbocycles. The molecule has 4 heteroatoms. The molecule has 0 bridgehead atoms. The fraction of sp³-hybridized carbons (Fsp3) is 0.467. The summed E-state index contributed by atoms with van der Waals surface area (Å²) < 4.78 is 0. The van der Waals surface area contributed by atoms with Crippen LogP contribution in [-0.2, 0) is 9.59 Å². The van der Waals surface area contributed by atoms with Gasteiger partial charge in [-0.25, -0.2) is 0 Å². The molecule has 0 aliphatic rings. The maximum Gasteiger partial charge on any atom is 0.226 e. The second kappa shape index (κ2) is 7.56. The molecule has 0 aliphatic heterocycles. The van der Waals surface area contributed by atoms with Crippen LogP contribution in [0.3, 0.4) is 0 Å². The van der Waals surface area contributed by atoms with Crippen molar-refractivity contribution in [3.63, 3.8) is 0 Å². The van der Waals surface area contributed by atoms with Crippen molar-refractivity contribution in [2.75, 3.05) is 11.9 Å². The number of nitrogens with zero attached hydrogens (tertiary/aromatic N) is 1. The number of nitrogens with one attached hydrogen (secondary N) is 1. The van der Waals surface area contributed by atoms with Crippen molar-refractivity contribution < 1.29 is 9.59 Å². The lowest BCUT2D eigenvalue weighted by Crippen LogP contribution is -2.30. The zero-order valence-electron chi connectivity index (χ0n) is 11.8. The molecule has 1 aromatic rings. The Morgan fingerprint density at radius 1 is 1.16 bits per heavy atom. The monoisotopic (exact) mass is 262 g/mol. The first kappa shape index (κ1) is 15.2. The van der Waals surface area contributed by atoms with Crippen molar-refractivity contribution in [1.29, 1.82) is 0 Å². The summed E-state index contributed by atoms with van der Waals surface area (Å²) in [6, 6.07) is 9.64. The molecule has 0 fully saturated rings. The molecule has 19 heavy (non-hydrogen) atoms. The van der Waals surface area contributed by atoms with Gasteiger partial charge in [0.1, 0.15) is 0 Å². The third-order valence-corrected chi connectivity index (χ3v) is 2.76. The summed E-state index contributed by atoms with van der Waals surface area (Å²) in [5.74, 6) is 0.0358. The van der Waals surface area contributed by atoms with Crippen LogP contribution in [0, 0.1) is 0 Å². The number of carbonyl (C=O) groups is 2. The molecule has 104 valence electrons. The first-order chi connectivity index (χ1) is 9.00. The van der Waals surface area contributed by atoms with Crippen molar-refractivity contribution in [1.82, 2.24) is 5.32 Å². The van der Waals surface area contributed by atoms with Crippen LogP contribution >= 0.6 is 0 Å². The van der Waals surface area contributed by atoms with Gasteiger partial charge >= 0.3 is 0 Å². The molecule has 4 nitrogen and oxygen atoms in total. The van der Waals surface area contributed by atoms with E-state index in [1.807, 2.05) is 44.2 Å². The van der Waals surface area contributed by atoms with Crippen molar-refractivity contribution in [2.45, 2.75) is 39.2 Å². The van der Waals surface area contributed by atoms with Gasteiger partial charge in [-0.15, -0.1) is 0 Å².